The largest absolute Gasteiger partial charge is 0.416 e. The van der Waals surface area contributed by atoms with Crippen LogP contribution in [0.3, 0.4) is 0 Å². The first-order valence-corrected chi connectivity index (χ1v) is 8.86. The van der Waals surface area contributed by atoms with Gasteiger partial charge >= 0.3 is 12.2 Å². The van der Waals surface area contributed by atoms with Crippen molar-refractivity contribution >= 4 is 34.3 Å². The van der Waals surface area contributed by atoms with Crippen LogP contribution in [0.2, 0.25) is 0 Å². The van der Waals surface area contributed by atoms with Gasteiger partial charge in [-0.1, -0.05) is 12.1 Å². The summed E-state index contributed by atoms with van der Waals surface area (Å²) in [6, 6.07) is 10.9. The van der Waals surface area contributed by atoms with E-state index in [1.54, 1.807) is 36.4 Å². The number of alkyl halides is 3. The number of fused-ring (bicyclic) bond motifs is 1. The number of halogens is 4. The predicted molar refractivity (Wildman–Crippen MR) is 108 cm³/mol. The van der Waals surface area contributed by atoms with Gasteiger partial charge in [-0.2, -0.15) is 18.3 Å². The molecule has 0 unspecified atom stereocenters. The van der Waals surface area contributed by atoms with Crippen LogP contribution in [0.25, 0.3) is 22.3 Å². The molecular weight excluding hydrogens is 416 g/mol. The lowest BCUT2D eigenvalue weighted by Gasteiger charge is -2.12. The van der Waals surface area contributed by atoms with E-state index in [4.69, 9.17) is 5.73 Å². The number of nitrogen functional groups attached to an aromatic ring is 1. The Morgan fingerprint density at radius 1 is 1.00 bits per heavy atom. The Hall–Kier alpha value is -4.15. The zero-order valence-electron chi connectivity index (χ0n) is 15.6. The van der Waals surface area contributed by atoms with Gasteiger partial charge in [-0.05, 0) is 42.5 Å². The second kappa shape index (κ2) is 7.59. The molecule has 0 saturated heterocycles. The van der Waals surface area contributed by atoms with Gasteiger partial charge in [0.25, 0.3) is 0 Å². The molecule has 0 fully saturated rings. The van der Waals surface area contributed by atoms with Crippen LogP contribution in [0.4, 0.5) is 39.5 Å². The number of urea groups is 1. The van der Waals surface area contributed by atoms with E-state index in [1.165, 1.54) is 0 Å². The lowest BCUT2D eigenvalue weighted by Crippen LogP contribution is -2.20. The third-order valence-corrected chi connectivity index (χ3v) is 4.43. The maximum Gasteiger partial charge on any atom is 0.416 e. The van der Waals surface area contributed by atoms with Crippen molar-refractivity contribution < 1.29 is 22.4 Å². The van der Waals surface area contributed by atoms with Crippen molar-refractivity contribution in [1.82, 2.24) is 15.2 Å². The Bertz CT molecular complexity index is 1270. The first kappa shape index (κ1) is 20.1. The third-order valence-electron chi connectivity index (χ3n) is 4.43. The van der Waals surface area contributed by atoms with Gasteiger partial charge in [-0.15, -0.1) is 0 Å². The number of aromatic amines is 1. The summed E-state index contributed by atoms with van der Waals surface area (Å²) in [7, 11) is 0. The van der Waals surface area contributed by atoms with Gasteiger partial charge in [0.15, 0.2) is 5.65 Å². The zero-order valence-corrected chi connectivity index (χ0v) is 15.6. The molecular formula is C20H14F4N6O. The molecule has 4 rings (SSSR count). The number of carbonyl (C=O) groups is 1. The number of hydrogen-bond donors (Lipinski definition) is 4. The minimum absolute atomic E-state index is 0.346. The van der Waals surface area contributed by atoms with Gasteiger partial charge in [0.1, 0.15) is 11.6 Å². The summed E-state index contributed by atoms with van der Waals surface area (Å²) >= 11 is 0. The molecule has 0 aliphatic rings. The van der Waals surface area contributed by atoms with E-state index in [9.17, 15) is 22.4 Å². The highest BCUT2D eigenvalue weighted by molar-refractivity contribution is 6.00. The Balaban J connectivity index is 1.47. The highest BCUT2D eigenvalue weighted by Gasteiger charge is 2.31. The molecule has 4 aromatic rings. The number of pyridine rings is 1. The fourth-order valence-corrected chi connectivity index (χ4v) is 2.88. The summed E-state index contributed by atoms with van der Waals surface area (Å²) in [5.74, 6) is -0.573. The van der Waals surface area contributed by atoms with Crippen molar-refractivity contribution in [3.63, 3.8) is 0 Å². The number of benzene rings is 2. The Morgan fingerprint density at radius 3 is 2.45 bits per heavy atom. The molecule has 31 heavy (non-hydrogen) atoms. The van der Waals surface area contributed by atoms with Gasteiger partial charge in [0.2, 0.25) is 0 Å². The lowest BCUT2D eigenvalue weighted by molar-refractivity contribution is -0.137. The summed E-state index contributed by atoms with van der Waals surface area (Å²) in [4.78, 5) is 16.5. The minimum Gasteiger partial charge on any atom is -0.384 e. The van der Waals surface area contributed by atoms with Crippen LogP contribution >= 0.6 is 0 Å². The van der Waals surface area contributed by atoms with Crippen LogP contribution in [0.1, 0.15) is 5.56 Å². The molecule has 2 aromatic heterocycles. The molecule has 2 aromatic carbocycles. The van der Waals surface area contributed by atoms with Gasteiger partial charge in [-0.25, -0.2) is 14.2 Å². The number of carbonyl (C=O) groups excluding carboxylic acids is 1. The maximum atomic E-state index is 13.8. The van der Waals surface area contributed by atoms with E-state index in [0.29, 0.717) is 46.4 Å². The lowest BCUT2D eigenvalue weighted by atomic mass is 10.1. The van der Waals surface area contributed by atoms with E-state index < -0.39 is 29.3 Å². The number of amides is 2. The van der Waals surface area contributed by atoms with Gasteiger partial charge in [0.05, 0.1) is 22.3 Å². The van der Waals surface area contributed by atoms with Crippen LogP contribution in [0.5, 0.6) is 0 Å². The second-order valence-electron chi connectivity index (χ2n) is 6.55. The van der Waals surface area contributed by atoms with E-state index in [1.807, 2.05) is 0 Å². The topological polar surface area (TPSA) is 109 Å². The van der Waals surface area contributed by atoms with Crippen molar-refractivity contribution in [1.29, 1.82) is 0 Å². The van der Waals surface area contributed by atoms with Gasteiger partial charge in [0, 0.05) is 11.3 Å². The Kier molecular flexibility index (Phi) is 4.93. The number of rotatable bonds is 3. The minimum atomic E-state index is -4.66. The molecule has 7 nitrogen and oxygen atoms in total. The number of H-pyrrole nitrogens is 1. The van der Waals surface area contributed by atoms with E-state index in [-0.39, 0.29) is 0 Å². The monoisotopic (exact) mass is 430 g/mol. The number of aromatic nitrogens is 3. The molecule has 0 atom stereocenters. The van der Waals surface area contributed by atoms with Gasteiger partial charge < -0.3 is 16.4 Å². The SMILES string of the molecule is Nc1[nH]nc2nc(-c3ccc(NC(=O)Nc4cc(C(F)(F)F)ccc4F)cc3)ccc12. The van der Waals surface area contributed by atoms with Crippen LogP contribution in [0.15, 0.2) is 54.6 Å². The number of hydrogen-bond acceptors (Lipinski definition) is 4. The number of nitrogens with zero attached hydrogens (tertiary/aromatic N) is 2. The molecule has 5 N–H and O–H groups in total. The van der Waals surface area contributed by atoms with Crippen molar-refractivity contribution in [3.05, 3.63) is 66.0 Å². The summed E-state index contributed by atoms with van der Waals surface area (Å²) in [5, 5.41) is 11.9. The van der Waals surface area contributed by atoms with E-state index in [0.717, 1.165) is 5.56 Å². The molecule has 0 spiro atoms. The predicted octanol–water partition coefficient (Wildman–Crippen LogP) is 5.01. The third kappa shape index (κ3) is 4.25. The van der Waals surface area contributed by atoms with Crippen molar-refractivity contribution in [2.24, 2.45) is 0 Å². The van der Waals surface area contributed by atoms with Crippen LogP contribution < -0.4 is 16.4 Å². The van der Waals surface area contributed by atoms with Crippen molar-refractivity contribution in [3.8, 4) is 11.3 Å². The average molecular weight is 430 g/mol. The maximum absolute atomic E-state index is 13.8. The zero-order chi connectivity index (χ0) is 22.2. The second-order valence-corrected chi connectivity index (χ2v) is 6.55. The first-order valence-electron chi connectivity index (χ1n) is 8.86. The normalized spacial score (nSPS) is 11.5. The highest BCUT2D eigenvalue weighted by atomic mass is 19.4. The van der Waals surface area contributed by atoms with Crippen LogP contribution in [-0.4, -0.2) is 21.2 Å². The molecule has 158 valence electrons. The molecule has 2 heterocycles. The molecule has 0 radical (unpaired) electrons. The quantitative estimate of drug-likeness (QED) is 0.343. The highest BCUT2D eigenvalue weighted by Crippen LogP contribution is 2.32. The fraction of sp³-hybridized carbons (Fsp3) is 0.0500. The Morgan fingerprint density at radius 2 is 1.74 bits per heavy atom. The summed E-state index contributed by atoms with van der Waals surface area (Å²) in [6.45, 7) is 0. The standard InChI is InChI=1S/C20H14F4N6O/c21-14-7-3-11(20(22,23)24)9-16(14)28-19(31)26-12-4-1-10(2-5-12)15-8-6-13-17(25)29-30-18(13)27-15/h1-9H,(H2,26,28,31)(H3,25,27,29,30). The summed E-state index contributed by atoms with van der Waals surface area (Å²) < 4.78 is 52.1. The summed E-state index contributed by atoms with van der Waals surface area (Å²) in [6.07, 6.45) is -4.66. The Labute approximate surface area is 172 Å². The van der Waals surface area contributed by atoms with Crippen molar-refractivity contribution in [2.75, 3.05) is 16.4 Å². The van der Waals surface area contributed by atoms with E-state index in [2.05, 4.69) is 25.8 Å². The van der Waals surface area contributed by atoms with Gasteiger partial charge in [-0.3, -0.25) is 5.10 Å². The molecule has 0 aliphatic carbocycles. The average Bonchev–Trinajstić information content (AvgIpc) is 3.09. The molecule has 0 saturated carbocycles. The number of nitrogens with one attached hydrogen (secondary N) is 3. The van der Waals surface area contributed by atoms with Crippen LogP contribution in [-0.2, 0) is 6.18 Å². The molecule has 11 heteroatoms. The van der Waals surface area contributed by atoms with Crippen molar-refractivity contribution in [2.45, 2.75) is 6.18 Å². The first-order chi connectivity index (χ1) is 14.7. The molecule has 0 aliphatic heterocycles. The number of nitrogens with two attached hydrogens (primary N) is 1. The fourth-order valence-electron chi connectivity index (χ4n) is 2.88. The van der Waals surface area contributed by atoms with E-state index >= 15 is 0 Å². The smallest absolute Gasteiger partial charge is 0.384 e. The summed E-state index contributed by atoms with van der Waals surface area (Å²) in [5.41, 5.74) is 6.25. The number of anilines is 3. The van der Waals surface area contributed by atoms with Crippen LogP contribution in [0, 0.1) is 5.82 Å². The molecule has 2 amide bonds. The molecule has 0 bridgehead atoms.